The lowest BCUT2D eigenvalue weighted by Gasteiger charge is -2.10. The van der Waals surface area contributed by atoms with Gasteiger partial charge in [0.2, 0.25) is 0 Å². The van der Waals surface area contributed by atoms with Gasteiger partial charge < -0.3 is 10.1 Å². The third-order valence-electron chi connectivity index (χ3n) is 2.59. The first-order chi connectivity index (χ1) is 9.56. The van der Waals surface area contributed by atoms with E-state index in [9.17, 15) is 13.6 Å². The Morgan fingerprint density at radius 2 is 2.05 bits per heavy atom. The SMILES string of the molecule is Cc1ccc(C(=O)NCc2ccccc2OC(F)F)s1. The largest absolute Gasteiger partial charge is 0.434 e. The number of hydrogen-bond donors (Lipinski definition) is 1. The molecule has 1 N–H and O–H groups in total. The van der Waals surface area contributed by atoms with E-state index in [2.05, 4.69) is 10.1 Å². The molecule has 0 bridgehead atoms. The average Bonchev–Trinajstić information content (AvgIpc) is 2.83. The maximum Gasteiger partial charge on any atom is 0.387 e. The normalized spacial score (nSPS) is 10.6. The van der Waals surface area contributed by atoms with Gasteiger partial charge in [0, 0.05) is 17.0 Å². The minimum atomic E-state index is -2.88. The van der Waals surface area contributed by atoms with Gasteiger partial charge in [-0.2, -0.15) is 8.78 Å². The van der Waals surface area contributed by atoms with Crippen LogP contribution in [0.2, 0.25) is 0 Å². The van der Waals surface area contributed by atoms with Crippen molar-refractivity contribution >= 4 is 17.2 Å². The van der Waals surface area contributed by atoms with Crippen LogP contribution in [-0.2, 0) is 6.54 Å². The van der Waals surface area contributed by atoms with E-state index in [1.165, 1.54) is 17.4 Å². The molecule has 0 aliphatic heterocycles. The zero-order chi connectivity index (χ0) is 14.5. The van der Waals surface area contributed by atoms with Crippen LogP contribution in [0.5, 0.6) is 5.75 Å². The van der Waals surface area contributed by atoms with Crippen LogP contribution in [0.25, 0.3) is 0 Å². The van der Waals surface area contributed by atoms with Crippen LogP contribution in [0.3, 0.4) is 0 Å². The van der Waals surface area contributed by atoms with Crippen molar-refractivity contribution in [3.8, 4) is 5.75 Å². The highest BCUT2D eigenvalue weighted by molar-refractivity contribution is 7.13. The van der Waals surface area contributed by atoms with Crippen LogP contribution in [-0.4, -0.2) is 12.5 Å². The monoisotopic (exact) mass is 297 g/mol. The molecule has 1 aromatic heterocycles. The molecule has 1 amide bonds. The molecule has 0 saturated heterocycles. The first kappa shape index (κ1) is 14.5. The van der Waals surface area contributed by atoms with Crippen molar-refractivity contribution in [1.29, 1.82) is 0 Å². The van der Waals surface area contributed by atoms with Crippen molar-refractivity contribution in [2.45, 2.75) is 20.1 Å². The van der Waals surface area contributed by atoms with Crippen molar-refractivity contribution in [2.24, 2.45) is 0 Å². The van der Waals surface area contributed by atoms with Gasteiger partial charge in [-0.05, 0) is 25.1 Å². The lowest BCUT2D eigenvalue weighted by Crippen LogP contribution is -2.22. The van der Waals surface area contributed by atoms with Crippen molar-refractivity contribution < 1.29 is 18.3 Å². The average molecular weight is 297 g/mol. The van der Waals surface area contributed by atoms with Crippen molar-refractivity contribution in [3.63, 3.8) is 0 Å². The number of para-hydroxylation sites is 1. The second-order valence-corrected chi connectivity index (χ2v) is 5.37. The summed E-state index contributed by atoms with van der Waals surface area (Å²) in [5, 5.41) is 2.69. The van der Waals surface area contributed by atoms with E-state index in [-0.39, 0.29) is 18.2 Å². The summed E-state index contributed by atoms with van der Waals surface area (Å²) in [6.07, 6.45) is 0. The Balaban J connectivity index is 2.02. The fourth-order valence-corrected chi connectivity index (χ4v) is 2.46. The topological polar surface area (TPSA) is 38.3 Å². The second-order valence-electron chi connectivity index (χ2n) is 4.08. The maximum atomic E-state index is 12.3. The van der Waals surface area contributed by atoms with Gasteiger partial charge in [-0.1, -0.05) is 18.2 Å². The molecule has 0 atom stereocenters. The van der Waals surface area contributed by atoms with Gasteiger partial charge in [0.05, 0.1) is 4.88 Å². The number of aryl methyl sites for hydroxylation is 1. The lowest BCUT2D eigenvalue weighted by molar-refractivity contribution is -0.0504. The number of ether oxygens (including phenoxy) is 1. The van der Waals surface area contributed by atoms with Gasteiger partial charge in [0.15, 0.2) is 0 Å². The standard InChI is InChI=1S/C14H13F2NO2S/c1-9-6-7-12(20-9)13(18)17-8-10-4-2-3-5-11(10)19-14(15)16/h2-7,14H,8H2,1H3,(H,17,18). The van der Waals surface area contributed by atoms with Gasteiger partial charge in [0.1, 0.15) is 5.75 Å². The van der Waals surface area contributed by atoms with E-state index in [1.807, 2.05) is 13.0 Å². The molecule has 0 fully saturated rings. The highest BCUT2D eigenvalue weighted by atomic mass is 32.1. The third kappa shape index (κ3) is 3.77. The van der Waals surface area contributed by atoms with Crippen LogP contribution >= 0.6 is 11.3 Å². The molecule has 3 nitrogen and oxygen atoms in total. The van der Waals surface area contributed by atoms with Gasteiger partial charge in [-0.25, -0.2) is 0 Å². The van der Waals surface area contributed by atoms with Crippen LogP contribution in [0.1, 0.15) is 20.1 Å². The van der Waals surface area contributed by atoms with E-state index in [0.717, 1.165) is 4.88 Å². The summed E-state index contributed by atoms with van der Waals surface area (Å²) in [5.41, 5.74) is 0.509. The minimum Gasteiger partial charge on any atom is -0.434 e. The summed E-state index contributed by atoms with van der Waals surface area (Å²) in [6, 6.07) is 9.98. The number of thiophene rings is 1. The molecule has 0 spiro atoms. The molecule has 1 heterocycles. The molecule has 0 radical (unpaired) electrons. The molecule has 2 aromatic rings. The molecular weight excluding hydrogens is 284 g/mol. The molecule has 0 unspecified atom stereocenters. The summed E-state index contributed by atoms with van der Waals surface area (Å²) >= 11 is 1.38. The maximum absolute atomic E-state index is 12.3. The van der Waals surface area contributed by atoms with Crippen molar-refractivity contribution in [3.05, 3.63) is 51.7 Å². The molecule has 0 aliphatic rings. The summed E-state index contributed by atoms with van der Waals surface area (Å²) in [7, 11) is 0. The third-order valence-corrected chi connectivity index (χ3v) is 3.59. The van der Waals surface area contributed by atoms with Gasteiger partial charge in [0.25, 0.3) is 5.91 Å². The quantitative estimate of drug-likeness (QED) is 0.916. The molecule has 6 heteroatoms. The zero-order valence-electron chi connectivity index (χ0n) is 10.7. The molecule has 106 valence electrons. The lowest BCUT2D eigenvalue weighted by atomic mass is 10.2. The molecule has 0 saturated carbocycles. The number of benzene rings is 1. The van der Waals surface area contributed by atoms with Crippen LogP contribution < -0.4 is 10.1 Å². The van der Waals surface area contributed by atoms with Crippen molar-refractivity contribution in [2.75, 3.05) is 0 Å². The molecule has 0 aliphatic carbocycles. The predicted octanol–water partition coefficient (Wildman–Crippen LogP) is 3.59. The summed E-state index contributed by atoms with van der Waals surface area (Å²) in [4.78, 5) is 13.5. The van der Waals surface area contributed by atoms with Gasteiger partial charge in [-0.3, -0.25) is 4.79 Å². The highest BCUT2D eigenvalue weighted by Gasteiger charge is 2.11. The van der Waals surface area contributed by atoms with E-state index < -0.39 is 6.61 Å². The van der Waals surface area contributed by atoms with Crippen LogP contribution in [0.15, 0.2) is 36.4 Å². The molecule has 20 heavy (non-hydrogen) atoms. The number of rotatable bonds is 5. The Bertz CT molecular complexity index is 598. The fraction of sp³-hybridized carbons (Fsp3) is 0.214. The Labute approximate surface area is 119 Å². The van der Waals surface area contributed by atoms with E-state index in [4.69, 9.17) is 0 Å². The van der Waals surface area contributed by atoms with E-state index in [0.29, 0.717) is 10.4 Å². The number of carbonyl (C=O) groups is 1. The summed E-state index contributed by atoms with van der Waals surface area (Å²) in [5.74, 6) is -0.153. The molecular formula is C14H13F2NO2S. The number of carbonyl (C=O) groups excluding carboxylic acids is 1. The predicted molar refractivity (Wildman–Crippen MR) is 73.3 cm³/mol. The fourth-order valence-electron chi connectivity index (χ4n) is 1.68. The number of hydrogen-bond acceptors (Lipinski definition) is 3. The first-order valence-electron chi connectivity index (χ1n) is 5.93. The Kier molecular flexibility index (Phi) is 4.68. The zero-order valence-corrected chi connectivity index (χ0v) is 11.5. The van der Waals surface area contributed by atoms with Crippen molar-refractivity contribution in [1.82, 2.24) is 5.32 Å². The summed E-state index contributed by atoms with van der Waals surface area (Å²) < 4.78 is 28.9. The van der Waals surface area contributed by atoms with Gasteiger partial charge >= 0.3 is 6.61 Å². The minimum absolute atomic E-state index is 0.0742. The summed E-state index contributed by atoms with van der Waals surface area (Å²) in [6.45, 7) is -0.835. The van der Waals surface area contributed by atoms with E-state index in [1.54, 1.807) is 24.3 Å². The molecule has 1 aromatic carbocycles. The van der Waals surface area contributed by atoms with Gasteiger partial charge in [-0.15, -0.1) is 11.3 Å². The number of halogens is 2. The van der Waals surface area contributed by atoms with E-state index >= 15 is 0 Å². The number of alkyl halides is 2. The van der Waals surface area contributed by atoms with Crippen LogP contribution in [0.4, 0.5) is 8.78 Å². The molecule has 2 rings (SSSR count). The Morgan fingerprint density at radius 3 is 2.70 bits per heavy atom. The Hall–Kier alpha value is -1.95. The first-order valence-corrected chi connectivity index (χ1v) is 6.75. The van der Waals surface area contributed by atoms with Crippen LogP contribution in [0, 0.1) is 6.92 Å². The smallest absolute Gasteiger partial charge is 0.387 e. The number of amides is 1. The highest BCUT2D eigenvalue weighted by Crippen LogP contribution is 2.20. The second kappa shape index (κ2) is 6.47. The number of nitrogens with one attached hydrogen (secondary N) is 1. The Morgan fingerprint density at radius 1 is 1.30 bits per heavy atom.